The maximum atomic E-state index is 12.2. The molecule has 140 valence electrons. The molecule has 3 amide bonds. The molecular weight excluding hydrogens is 334 g/mol. The fourth-order valence-electron chi connectivity index (χ4n) is 2.87. The molecule has 0 atom stereocenters. The van der Waals surface area contributed by atoms with Gasteiger partial charge in [-0.05, 0) is 18.1 Å². The standard InChI is InChI=1S/C17H25N7O2/c1-11(2)14-8-15(20-19-14)16(25)18-9-12-7-13-10-23(17(26)22(3)4)5-6-24(13)21-12/h7-8,11H,5-6,9-10H2,1-4H3,(H,18,25)(H,19,20). The summed E-state index contributed by atoms with van der Waals surface area (Å²) >= 11 is 0. The second kappa shape index (κ2) is 7.19. The Balaban J connectivity index is 1.60. The number of rotatable bonds is 4. The molecule has 2 aromatic heterocycles. The lowest BCUT2D eigenvalue weighted by molar-refractivity contribution is 0.0945. The summed E-state index contributed by atoms with van der Waals surface area (Å²) in [6, 6.07) is 3.69. The molecule has 0 aromatic carbocycles. The van der Waals surface area contributed by atoms with Crippen molar-refractivity contribution in [3.05, 3.63) is 34.9 Å². The van der Waals surface area contributed by atoms with Gasteiger partial charge in [0.05, 0.1) is 31.0 Å². The SMILES string of the molecule is CC(C)c1cc(C(=O)NCc2cc3n(n2)CCN(C(=O)N(C)C)C3)n[nH]1. The average Bonchev–Trinajstić information content (AvgIpc) is 3.24. The van der Waals surface area contributed by atoms with Crippen LogP contribution in [-0.2, 0) is 19.6 Å². The minimum atomic E-state index is -0.233. The minimum absolute atomic E-state index is 0.00760. The molecule has 0 saturated carbocycles. The van der Waals surface area contributed by atoms with Gasteiger partial charge >= 0.3 is 6.03 Å². The molecule has 0 aliphatic carbocycles. The Labute approximate surface area is 152 Å². The van der Waals surface area contributed by atoms with Crippen LogP contribution in [0.1, 0.15) is 47.3 Å². The summed E-state index contributed by atoms with van der Waals surface area (Å²) in [6.07, 6.45) is 0. The molecule has 0 unspecified atom stereocenters. The first-order valence-electron chi connectivity index (χ1n) is 8.70. The summed E-state index contributed by atoms with van der Waals surface area (Å²) in [7, 11) is 3.49. The van der Waals surface area contributed by atoms with Crippen LogP contribution >= 0.6 is 0 Å². The highest BCUT2D eigenvalue weighted by Crippen LogP contribution is 2.15. The molecule has 3 heterocycles. The highest BCUT2D eigenvalue weighted by atomic mass is 16.2. The summed E-state index contributed by atoms with van der Waals surface area (Å²) in [5, 5.41) is 14.3. The van der Waals surface area contributed by atoms with Crippen LogP contribution in [0.5, 0.6) is 0 Å². The number of hydrogen-bond donors (Lipinski definition) is 2. The maximum absolute atomic E-state index is 12.2. The van der Waals surface area contributed by atoms with Crippen LogP contribution in [0, 0.1) is 0 Å². The number of hydrogen-bond acceptors (Lipinski definition) is 4. The average molecular weight is 359 g/mol. The van der Waals surface area contributed by atoms with Gasteiger partial charge in [-0.1, -0.05) is 13.8 Å². The van der Waals surface area contributed by atoms with Crippen LogP contribution in [0.25, 0.3) is 0 Å². The van der Waals surface area contributed by atoms with Gasteiger partial charge < -0.3 is 15.1 Å². The van der Waals surface area contributed by atoms with Crippen LogP contribution in [0.15, 0.2) is 12.1 Å². The van der Waals surface area contributed by atoms with Gasteiger partial charge in [-0.15, -0.1) is 0 Å². The fourth-order valence-corrected chi connectivity index (χ4v) is 2.87. The van der Waals surface area contributed by atoms with E-state index in [1.54, 1.807) is 30.0 Å². The van der Waals surface area contributed by atoms with E-state index in [0.29, 0.717) is 31.9 Å². The highest BCUT2D eigenvalue weighted by Gasteiger charge is 2.23. The summed E-state index contributed by atoms with van der Waals surface area (Å²) in [5.41, 5.74) is 3.04. The monoisotopic (exact) mass is 359 g/mol. The lowest BCUT2D eigenvalue weighted by Gasteiger charge is -2.29. The van der Waals surface area contributed by atoms with E-state index in [-0.39, 0.29) is 17.9 Å². The van der Waals surface area contributed by atoms with Crippen molar-refractivity contribution < 1.29 is 9.59 Å². The first kappa shape index (κ1) is 18.0. The lowest BCUT2D eigenvalue weighted by Crippen LogP contribution is -2.43. The normalized spacial score (nSPS) is 13.7. The fraction of sp³-hybridized carbons (Fsp3) is 0.529. The van der Waals surface area contributed by atoms with E-state index in [2.05, 4.69) is 20.6 Å². The van der Waals surface area contributed by atoms with Crippen molar-refractivity contribution >= 4 is 11.9 Å². The van der Waals surface area contributed by atoms with Gasteiger partial charge in [-0.3, -0.25) is 14.6 Å². The third kappa shape index (κ3) is 3.71. The number of aromatic amines is 1. The summed E-state index contributed by atoms with van der Waals surface area (Å²) < 4.78 is 1.90. The molecular formula is C17H25N7O2. The van der Waals surface area contributed by atoms with Crippen molar-refractivity contribution in [2.24, 2.45) is 0 Å². The Morgan fingerprint density at radius 2 is 2.08 bits per heavy atom. The van der Waals surface area contributed by atoms with Crippen molar-refractivity contribution in [2.45, 2.75) is 39.4 Å². The van der Waals surface area contributed by atoms with Crippen LogP contribution in [0.4, 0.5) is 4.79 Å². The summed E-state index contributed by atoms with van der Waals surface area (Å²) in [4.78, 5) is 27.7. The molecule has 0 spiro atoms. The van der Waals surface area contributed by atoms with Crippen LogP contribution in [0.2, 0.25) is 0 Å². The number of nitrogens with zero attached hydrogens (tertiary/aromatic N) is 5. The van der Waals surface area contributed by atoms with Gasteiger partial charge in [0.1, 0.15) is 5.69 Å². The van der Waals surface area contributed by atoms with Crippen LogP contribution in [0.3, 0.4) is 0 Å². The van der Waals surface area contributed by atoms with Gasteiger partial charge in [0.15, 0.2) is 0 Å². The molecule has 0 saturated heterocycles. The van der Waals surface area contributed by atoms with E-state index >= 15 is 0 Å². The zero-order valence-electron chi connectivity index (χ0n) is 15.6. The Bertz CT molecular complexity index is 806. The molecule has 1 aliphatic rings. The number of carbonyl (C=O) groups is 2. The number of urea groups is 1. The predicted octanol–water partition coefficient (Wildman–Crippen LogP) is 1.16. The number of carbonyl (C=O) groups excluding carboxylic acids is 2. The molecule has 9 nitrogen and oxygen atoms in total. The van der Waals surface area contributed by atoms with E-state index in [1.165, 1.54) is 0 Å². The van der Waals surface area contributed by atoms with Crippen molar-refractivity contribution in [1.29, 1.82) is 0 Å². The van der Waals surface area contributed by atoms with Gasteiger partial charge in [0, 0.05) is 26.3 Å². The zero-order chi connectivity index (χ0) is 18.8. The first-order valence-corrected chi connectivity index (χ1v) is 8.70. The summed E-state index contributed by atoms with van der Waals surface area (Å²) in [5.74, 6) is 0.0558. The van der Waals surface area contributed by atoms with Crippen LogP contribution in [-0.4, -0.2) is 62.4 Å². The third-order valence-electron chi connectivity index (χ3n) is 4.38. The number of nitrogens with one attached hydrogen (secondary N) is 2. The second-order valence-corrected chi connectivity index (χ2v) is 6.99. The molecule has 2 aromatic rings. The second-order valence-electron chi connectivity index (χ2n) is 6.99. The summed E-state index contributed by atoms with van der Waals surface area (Å²) in [6.45, 7) is 6.20. The van der Waals surface area contributed by atoms with E-state index in [0.717, 1.165) is 17.1 Å². The molecule has 2 N–H and O–H groups in total. The maximum Gasteiger partial charge on any atom is 0.319 e. The van der Waals surface area contributed by atoms with E-state index in [9.17, 15) is 9.59 Å². The molecule has 9 heteroatoms. The minimum Gasteiger partial charge on any atom is -0.345 e. The van der Waals surface area contributed by atoms with Crippen molar-refractivity contribution in [3.63, 3.8) is 0 Å². The first-order chi connectivity index (χ1) is 12.3. The van der Waals surface area contributed by atoms with Gasteiger partial charge in [-0.25, -0.2) is 4.79 Å². The predicted molar refractivity (Wildman–Crippen MR) is 95.6 cm³/mol. The van der Waals surface area contributed by atoms with E-state index in [4.69, 9.17) is 0 Å². The van der Waals surface area contributed by atoms with E-state index < -0.39 is 0 Å². The van der Waals surface area contributed by atoms with Crippen LogP contribution < -0.4 is 5.32 Å². The third-order valence-corrected chi connectivity index (χ3v) is 4.38. The number of aromatic nitrogens is 4. The highest BCUT2D eigenvalue weighted by molar-refractivity contribution is 5.92. The molecule has 3 rings (SSSR count). The smallest absolute Gasteiger partial charge is 0.319 e. The number of fused-ring (bicyclic) bond motifs is 1. The zero-order valence-corrected chi connectivity index (χ0v) is 15.6. The topological polar surface area (TPSA) is 99.2 Å². The van der Waals surface area contributed by atoms with Gasteiger partial charge in [-0.2, -0.15) is 10.2 Å². The Morgan fingerprint density at radius 3 is 2.73 bits per heavy atom. The van der Waals surface area contributed by atoms with Crippen molar-refractivity contribution in [1.82, 2.24) is 35.1 Å². The van der Waals surface area contributed by atoms with E-state index in [1.807, 2.05) is 24.6 Å². The molecule has 0 fully saturated rings. The molecule has 0 bridgehead atoms. The number of H-pyrrole nitrogens is 1. The Kier molecular flexibility index (Phi) is 4.97. The lowest BCUT2D eigenvalue weighted by atomic mass is 10.1. The van der Waals surface area contributed by atoms with Crippen molar-refractivity contribution in [2.75, 3.05) is 20.6 Å². The van der Waals surface area contributed by atoms with Gasteiger partial charge in [0.2, 0.25) is 0 Å². The quantitative estimate of drug-likeness (QED) is 0.855. The van der Waals surface area contributed by atoms with Gasteiger partial charge in [0.25, 0.3) is 5.91 Å². The van der Waals surface area contributed by atoms with Crippen molar-refractivity contribution in [3.8, 4) is 0 Å². The molecule has 26 heavy (non-hydrogen) atoms. The molecule has 1 aliphatic heterocycles. The number of amides is 3. The molecule has 0 radical (unpaired) electrons. The largest absolute Gasteiger partial charge is 0.345 e. The Morgan fingerprint density at radius 1 is 1.31 bits per heavy atom. The Hall–Kier alpha value is -2.84.